The van der Waals surface area contributed by atoms with Gasteiger partial charge in [-0.1, -0.05) is 26.0 Å². The number of nitrogens with one attached hydrogen (secondary N) is 1. The summed E-state index contributed by atoms with van der Waals surface area (Å²) in [5, 5.41) is 13.8. The number of nitro benzene ring substituents is 1. The average Bonchev–Trinajstić information content (AvgIpc) is 3.07. The van der Waals surface area contributed by atoms with Crippen LogP contribution in [-0.2, 0) is 4.74 Å². The van der Waals surface area contributed by atoms with Crippen molar-refractivity contribution >= 4 is 34.2 Å². The third-order valence-corrected chi connectivity index (χ3v) is 3.64. The van der Waals surface area contributed by atoms with Gasteiger partial charge in [0, 0.05) is 23.1 Å². The molecule has 0 atom stereocenters. The average molecular weight is 384 g/mol. The zero-order valence-electron chi connectivity index (χ0n) is 15.7. The summed E-state index contributed by atoms with van der Waals surface area (Å²) in [5.74, 6) is -0.587. The molecule has 0 unspecified atom stereocenters. The van der Waals surface area contributed by atoms with Crippen LogP contribution in [0.15, 0.2) is 52.9 Å². The molecule has 1 heterocycles. The molecule has 0 bridgehead atoms. The monoisotopic (exact) mass is 384 g/mol. The summed E-state index contributed by atoms with van der Waals surface area (Å²) in [4.78, 5) is 34.8. The molecule has 3 aromatic rings. The molecular weight excluding hydrogens is 364 g/mol. The number of para-hydroxylation sites is 1. The maximum Gasteiger partial charge on any atom is 0.411 e. The number of anilines is 1. The molecule has 1 aromatic heterocycles. The Morgan fingerprint density at radius 3 is 2.36 bits per heavy atom. The molecule has 0 spiro atoms. The van der Waals surface area contributed by atoms with Gasteiger partial charge in [-0.2, -0.15) is 0 Å². The van der Waals surface area contributed by atoms with E-state index in [1.165, 1.54) is 24.3 Å². The van der Waals surface area contributed by atoms with Gasteiger partial charge in [-0.05, 0) is 31.2 Å². The van der Waals surface area contributed by atoms with E-state index in [-0.39, 0.29) is 29.3 Å². The first-order valence-electron chi connectivity index (χ1n) is 8.75. The van der Waals surface area contributed by atoms with Crippen LogP contribution in [0.2, 0.25) is 0 Å². The molecule has 3 rings (SSSR count). The van der Waals surface area contributed by atoms with Crippen molar-refractivity contribution in [3.05, 3.63) is 70.0 Å². The van der Waals surface area contributed by atoms with E-state index < -0.39 is 16.8 Å². The molecular formula is C20H20N2O6. The van der Waals surface area contributed by atoms with Crippen molar-refractivity contribution in [2.45, 2.75) is 20.8 Å². The van der Waals surface area contributed by atoms with Crippen molar-refractivity contribution in [3.63, 3.8) is 0 Å². The van der Waals surface area contributed by atoms with Gasteiger partial charge in [0.25, 0.3) is 5.69 Å². The number of benzene rings is 2. The first kappa shape index (κ1) is 20.6. The predicted octanol–water partition coefficient (Wildman–Crippen LogP) is 5.17. The lowest BCUT2D eigenvalue weighted by Gasteiger charge is -2.06. The number of rotatable bonds is 5. The number of ether oxygens (including phenoxy) is 1. The Labute approximate surface area is 161 Å². The lowest BCUT2D eigenvalue weighted by Crippen LogP contribution is -2.15. The summed E-state index contributed by atoms with van der Waals surface area (Å²) in [6, 6.07) is 12.0. The van der Waals surface area contributed by atoms with Crippen LogP contribution in [0.1, 0.15) is 36.9 Å². The van der Waals surface area contributed by atoms with E-state index in [9.17, 15) is 19.7 Å². The fourth-order valence-electron chi connectivity index (χ4n) is 2.46. The molecule has 0 aliphatic carbocycles. The maximum atomic E-state index is 12.8. The van der Waals surface area contributed by atoms with Gasteiger partial charge in [0.15, 0.2) is 5.76 Å². The molecule has 0 fully saturated rings. The second-order valence-electron chi connectivity index (χ2n) is 5.28. The van der Waals surface area contributed by atoms with Gasteiger partial charge in [0.05, 0.1) is 11.5 Å². The minimum Gasteiger partial charge on any atom is -0.450 e. The molecule has 0 radical (unpaired) electrons. The molecule has 0 aliphatic rings. The van der Waals surface area contributed by atoms with E-state index in [4.69, 9.17) is 9.15 Å². The highest BCUT2D eigenvalue weighted by molar-refractivity contribution is 6.16. The smallest absolute Gasteiger partial charge is 0.411 e. The van der Waals surface area contributed by atoms with E-state index in [2.05, 4.69) is 5.32 Å². The fraction of sp³-hybridized carbons (Fsp3) is 0.200. The van der Waals surface area contributed by atoms with Crippen LogP contribution in [-0.4, -0.2) is 23.4 Å². The van der Waals surface area contributed by atoms with Crippen LogP contribution < -0.4 is 5.32 Å². The number of carbonyl (C=O) groups is 2. The summed E-state index contributed by atoms with van der Waals surface area (Å²) in [5.41, 5.74) is 0.685. The van der Waals surface area contributed by atoms with Crippen LogP contribution in [0.4, 0.5) is 16.2 Å². The molecule has 1 N–H and O–H groups in total. The number of hydrogen-bond acceptors (Lipinski definition) is 6. The Hall–Kier alpha value is -3.68. The number of non-ortho nitro benzene ring substituents is 1. The lowest BCUT2D eigenvalue weighted by atomic mass is 10.1. The van der Waals surface area contributed by atoms with Gasteiger partial charge < -0.3 is 9.15 Å². The predicted molar refractivity (Wildman–Crippen MR) is 105 cm³/mol. The van der Waals surface area contributed by atoms with Crippen molar-refractivity contribution < 1.29 is 23.7 Å². The Morgan fingerprint density at radius 2 is 1.75 bits per heavy atom. The van der Waals surface area contributed by atoms with Gasteiger partial charge >= 0.3 is 6.09 Å². The number of furan rings is 1. The highest BCUT2D eigenvalue weighted by Gasteiger charge is 2.24. The third kappa shape index (κ3) is 4.35. The number of fused-ring (bicyclic) bond motifs is 1. The standard InChI is InChI=1S/C18H14N2O6.C2H6/c1-2-25-18(22)19-15-13-5-3-4-6-14(13)26-17(15)16(21)11-7-9-12(10-8-11)20(23)24;1-2/h3-10H,2H2,1H3,(H,19,22);1-2H3. The van der Waals surface area contributed by atoms with Crippen molar-refractivity contribution in [2.75, 3.05) is 11.9 Å². The van der Waals surface area contributed by atoms with Crippen LogP contribution in [0.5, 0.6) is 0 Å². The van der Waals surface area contributed by atoms with Crippen LogP contribution in [0.3, 0.4) is 0 Å². The molecule has 1 amide bonds. The van der Waals surface area contributed by atoms with E-state index in [1.807, 2.05) is 13.8 Å². The third-order valence-electron chi connectivity index (χ3n) is 3.64. The highest BCUT2D eigenvalue weighted by Crippen LogP contribution is 2.32. The first-order valence-corrected chi connectivity index (χ1v) is 8.75. The first-order chi connectivity index (χ1) is 13.5. The van der Waals surface area contributed by atoms with Crippen LogP contribution in [0, 0.1) is 10.1 Å². The zero-order valence-corrected chi connectivity index (χ0v) is 15.7. The quantitative estimate of drug-likeness (QED) is 0.369. The second-order valence-corrected chi connectivity index (χ2v) is 5.28. The normalized spacial score (nSPS) is 9.96. The Bertz CT molecular complexity index is 992. The zero-order chi connectivity index (χ0) is 20.7. The number of carbonyl (C=O) groups excluding carboxylic acids is 2. The van der Waals surface area contributed by atoms with E-state index in [0.29, 0.717) is 11.0 Å². The van der Waals surface area contributed by atoms with Crippen molar-refractivity contribution in [1.82, 2.24) is 0 Å². The molecule has 8 nitrogen and oxygen atoms in total. The SMILES string of the molecule is CC.CCOC(=O)Nc1c(C(=O)c2ccc([N+](=O)[O-])cc2)oc2ccccc12. The fourth-order valence-corrected chi connectivity index (χ4v) is 2.46. The molecule has 146 valence electrons. The molecule has 28 heavy (non-hydrogen) atoms. The van der Waals surface area contributed by atoms with Crippen molar-refractivity contribution in [2.24, 2.45) is 0 Å². The van der Waals surface area contributed by atoms with Crippen LogP contribution in [0.25, 0.3) is 11.0 Å². The number of amides is 1. The maximum absolute atomic E-state index is 12.8. The van der Waals surface area contributed by atoms with Gasteiger partial charge in [-0.15, -0.1) is 0 Å². The second kappa shape index (κ2) is 9.31. The number of nitrogens with zero attached hydrogens (tertiary/aromatic N) is 1. The van der Waals surface area contributed by atoms with E-state index in [0.717, 1.165) is 0 Å². The Morgan fingerprint density at radius 1 is 1.11 bits per heavy atom. The summed E-state index contributed by atoms with van der Waals surface area (Å²) in [6.07, 6.45) is -0.711. The van der Waals surface area contributed by atoms with Gasteiger partial charge in [-0.25, -0.2) is 4.79 Å². The summed E-state index contributed by atoms with van der Waals surface area (Å²) >= 11 is 0. The molecule has 8 heteroatoms. The van der Waals surface area contributed by atoms with Crippen molar-refractivity contribution in [1.29, 1.82) is 0 Å². The number of hydrogen-bond donors (Lipinski definition) is 1. The lowest BCUT2D eigenvalue weighted by molar-refractivity contribution is -0.384. The summed E-state index contributed by atoms with van der Waals surface area (Å²) < 4.78 is 10.5. The van der Waals surface area contributed by atoms with Crippen LogP contribution >= 0.6 is 0 Å². The van der Waals surface area contributed by atoms with E-state index >= 15 is 0 Å². The molecule has 0 saturated carbocycles. The topological polar surface area (TPSA) is 112 Å². The van der Waals surface area contributed by atoms with Crippen molar-refractivity contribution in [3.8, 4) is 0 Å². The van der Waals surface area contributed by atoms with Gasteiger partial charge in [0.2, 0.25) is 5.78 Å². The largest absolute Gasteiger partial charge is 0.450 e. The summed E-state index contributed by atoms with van der Waals surface area (Å²) in [6.45, 7) is 5.84. The minimum absolute atomic E-state index is 0.0758. The Kier molecular flexibility index (Phi) is 6.86. The molecule has 0 saturated heterocycles. The molecule has 2 aromatic carbocycles. The molecule has 0 aliphatic heterocycles. The van der Waals surface area contributed by atoms with Gasteiger partial charge in [-0.3, -0.25) is 20.2 Å². The summed E-state index contributed by atoms with van der Waals surface area (Å²) in [7, 11) is 0. The van der Waals surface area contributed by atoms with Gasteiger partial charge in [0.1, 0.15) is 11.3 Å². The Balaban J connectivity index is 0.00000136. The van der Waals surface area contributed by atoms with E-state index in [1.54, 1.807) is 31.2 Å². The highest BCUT2D eigenvalue weighted by atomic mass is 16.6. The number of nitro groups is 1. The number of ketones is 1. The minimum atomic E-state index is -0.711.